The number of pyridine rings is 1. The second-order valence-corrected chi connectivity index (χ2v) is 8.84. The van der Waals surface area contributed by atoms with Crippen LogP contribution in [0.3, 0.4) is 0 Å². The summed E-state index contributed by atoms with van der Waals surface area (Å²) in [6, 6.07) is 11.9. The Morgan fingerprint density at radius 3 is 2.62 bits per heavy atom. The molecule has 2 aromatic heterocycles. The molecule has 0 unspecified atom stereocenters. The molecule has 1 aliphatic heterocycles. The summed E-state index contributed by atoms with van der Waals surface area (Å²) < 4.78 is 10.5. The van der Waals surface area contributed by atoms with Crippen molar-refractivity contribution in [2.24, 2.45) is 0 Å². The number of ether oxygens (including phenoxy) is 1. The number of aromatic nitrogens is 2. The Bertz CT molecular complexity index is 1040. The van der Waals surface area contributed by atoms with E-state index in [0.717, 1.165) is 53.7 Å². The smallest absolute Gasteiger partial charge is 0.254 e. The average Bonchev–Trinajstić information content (AvgIpc) is 3.15. The molecule has 7 nitrogen and oxygen atoms in total. The molecule has 0 radical (unpaired) electrons. The summed E-state index contributed by atoms with van der Waals surface area (Å²) in [6.45, 7) is 5.63. The number of aryl methyl sites for hydroxylation is 2. The minimum absolute atomic E-state index is 0.0674. The van der Waals surface area contributed by atoms with Crippen LogP contribution in [0.15, 0.2) is 52.1 Å². The van der Waals surface area contributed by atoms with Crippen LogP contribution < -0.4 is 15.0 Å². The van der Waals surface area contributed by atoms with Gasteiger partial charge in [0.15, 0.2) is 0 Å². The Balaban J connectivity index is 1.34. The van der Waals surface area contributed by atoms with E-state index >= 15 is 0 Å². The lowest BCUT2D eigenvalue weighted by Crippen LogP contribution is -2.44. The van der Waals surface area contributed by atoms with Crippen molar-refractivity contribution in [3.05, 3.63) is 65.2 Å². The maximum absolute atomic E-state index is 13.0. The number of hydrogen-bond acceptors (Lipinski definition) is 7. The lowest BCUT2D eigenvalue weighted by atomic mass is 10.0. The van der Waals surface area contributed by atoms with Crippen LogP contribution in [0.5, 0.6) is 5.75 Å². The molecule has 1 N–H and O–H groups in total. The van der Waals surface area contributed by atoms with E-state index in [2.05, 4.69) is 32.5 Å². The number of anilines is 1. The van der Waals surface area contributed by atoms with Gasteiger partial charge in [0.1, 0.15) is 16.5 Å². The maximum Gasteiger partial charge on any atom is 0.254 e. The van der Waals surface area contributed by atoms with Crippen molar-refractivity contribution in [1.82, 2.24) is 15.5 Å². The third-order valence-electron chi connectivity index (χ3n) is 5.82. The van der Waals surface area contributed by atoms with E-state index in [9.17, 15) is 4.79 Å². The summed E-state index contributed by atoms with van der Waals surface area (Å²) in [5.41, 5.74) is 3.72. The van der Waals surface area contributed by atoms with E-state index in [1.54, 1.807) is 19.4 Å². The van der Waals surface area contributed by atoms with Gasteiger partial charge in [0.2, 0.25) is 0 Å². The van der Waals surface area contributed by atoms with E-state index in [-0.39, 0.29) is 11.9 Å². The highest BCUT2D eigenvalue weighted by Crippen LogP contribution is 2.28. The molecule has 32 heavy (non-hydrogen) atoms. The molecule has 0 bridgehead atoms. The minimum atomic E-state index is -0.0674. The molecular formula is C24H28N4O3S. The first kappa shape index (κ1) is 22.2. The molecule has 0 spiro atoms. The highest BCUT2D eigenvalue weighted by atomic mass is 32.2. The molecule has 1 fully saturated rings. The highest BCUT2D eigenvalue weighted by molar-refractivity contribution is 7.98. The summed E-state index contributed by atoms with van der Waals surface area (Å²) in [5.74, 6) is 2.26. The van der Waals surface area contributed by atoms with Crippen LogP contribution in [-0.4, -0.2) is 42.3 Å². The van der Waals surface area contributed by atoms with Gasteiger partial charge in [-0.3, -0.25) is 4.79 Å². The summed E-state index contributed by atoms with van der Waals surface area (Å²) in [4.78, 5) is 19.8. The lowest BCUT2D eigenvalue weighted by Gasteiger charge is -2.34. The summed E-state index contributed by atoms with van der Waals surface area (Å²) >= 11 is 1.53. The molecule has 0 saturated carbocycles. The van der Waals surface area contributed by atoms with Crippen LogP contribution >= 0.6 is 11.8 Å². The number of piperidine rings is 1. The predicted octanol–water partition coefficient (Wildman–Crippen LogP) is 4.39. The second kappa shape index (κ2) is 10.1. The minimum Gasteiger partial charge on any atom is -0.497 e. The lowest BCUT2D eigenvalue weighted by molar-refractivity contribution is 0.0927. The number of carbonyl (C=O) groups excluding carboxylic acids is 1. The van der Waals surface area contributed by atoms with Crippen molar-refractivity contribution >= 4 is 23.4 Å². The number of methoxy groups -OCH3 is 1. The van der Waals surface area contributed by atoms with Gasteiger partial charge in [0.05, 0.1) is 18.4 Å². The monoisotopic (exact) mass is 452 g/mol. The van der Waals surface area contributed by atoms with Crippen LogP contribution in [-0.2, 0) is 5.75 Å². The van der Waals surface area contributed by atoms with E-state index < -0.39 is 0 Å². The van der Waals surface area contributed by atoms with Gasteiger partial charge >= 0.3 is 0 Å². The summed E-state index contributed by atoms with van der Waals surface area (Å²) in [7, 11) is 1.67. The largest absolute Gasteiger partial charge is 0.497 e. The number of rotatable bonds is 7. The molecule has 168 valence electrons. The SMILES string of the molecule is COc1ccc(N2CCC(NC(=O)c3cccnc3SCc3c(C)noc3C)CC2)cc1. The number of amides is 1. The van der Waals surface area contributed by atoms with E-state index in [1.165, 1.54) is 17.4 Å². The third-order valence-corrected chi connectivity index (χ3v) is 6.85. The van der Waals surface area contributed by atoms with Crippen molar-refractivity contribution < 1.29 is 14.1 Å². The fourth-order valence-electron chi connectivity index (χ4n) is 3.87. The quantitative estimate of drug-likeness (QED) is 0.533. The molecular weight excluding hydrogens is 424 g/mol. The molecule has 1 saturated heterocycles. The van der Waals surface area contributed by atoms with Crippen molar-refractivity contribution in [2.75, 3.05) is 25.1 Å². The fraction of sp³-hybridized carbons (Fsp3) is 0.375. The van der Waals surface area contributed by atoms with Crippen LogP contribution in [0.25, 0.3) is 0 Å². The van der Waals surface area contributed by atoms with E-state index in [1.807, 2.05) is 32.0 Å². The first-order valence-electron chi connectivity index (χ1n) is 10.7. The number of thioether (sulfide) groups is 1. The molecule has 3 heterocycles. The van der Waals surface area contributed by atoms with Crippen LogP contribution in [0, 0.1) is 13.8 Å². The zero-order valence-corrected chi connectivity index (χ0v) is 19.4. The Morgan fingerprint density at radius 2 is 1.97 bits per heavy atom. The van der Waals surface area contributed by atoms with E-state index in [4.69, 9.17) is 9.26 Å². The number of benzene rings is 1. The Kier molecular flexibility index (Phi) is 6.99. The Labute approximate surface area is 192 Å². The zero-order chi connectivity index (χ0) is 22.5. The number of nitrogens with zero attached hydrogens (tertiary/aromatic N) is 3. The fourth-order valence-corrected chi connectivity index (χ4v) is 5.01. The van der Waals surface area contributed by atoms with E-state index in [0.29, 0.717) is 11.3 Å². The number of carbonyl (C=O) groups is 1. The van der Waals surface area contributed by atoms with Gasteiger partial charge in [-0.25, -0.2) is 4.98 Å². The molecule has 0 atom stereocenters. The standard InChI is InChI=1S/C24H28N4O3S/c1-16-22(17(2)31-27-16)15-32-24-21(5-4-12-25-24)23(29)26-18-10-13-28(14-11-18)19-6-8-20(30-3)9-7-19/h4-9,12,18H,10-11,13-15H2,1-3H3,(H,26,29). The molecule has 1 amide bonds. The molecule has 4 rings (SSSR count). The van der Waals surface area contributed by atoms with Gasteiger partial charge in [-0.15, -0.1) is 11.8 Å². The van der Waals surface area contributed by atoms with Crippen LogP contribution in [0.2, 0.25) is 0 Å². The summed E-state index contributed by atoms with van der Waals surface area (Å²) in [5, 5.41) is 7.94. The van der Waals surface area contributed by atoms with Gasteiger partial charge in [-0.2, -0.15) is 0 Å². The molecule has 1 aliphatic rings. The Morgan fingerprint density at radius 1 is 1.22 bits per heavy atom. The maximum atomic E-state index is 13.0. The molecule has 3 aromatic rings. The average molecular weight is 453 g/mol. The van der Waals surface area contributed by atoms with Gasteiger partial charge < -0.3 is 19.5 Å². The number of hydrogen-bond donors (Lipinski definition) is 1. The van der Waals surface area contributed by atoms with Crippen molar-refractivity contribution in [3.8, 4) is 5.75 Å². The molecule has 1 aromatic carbocycles. The van der Waals surface area contributed by atoms with Crippen LogP contribution in [0.4, 0.5) is 5.69 Å². The highest BCUT2D eigenvalue weighted by Gasteiger charge is 2.23. The first-order valence-corrected chi connectivity index (χ1v) is 11.7. The Hall–Kier alpha value is -3.00. The third kappa shape index (κ3) is 5.07. The topological polar surface area (TPSA) is 80.5 Å². The molecule has 8 heteroatoms. The van der Waals surface area contributed by atoms with Crippen molar-refractivity contribution in [1.29, 1.82) is 0 Å². The van der Waals surface area contributed by atoms with Gasteiger partial charge in [-0.1, -0.05) is 5.16 Å². The normalized spacial score (nSPS) is 14.4. The van der Waals surface area contributed by atoms with Crippen LogP contribution in [0.1, 0.15) is 40.2 Å². The van der Waals surface area contributed by atoms with Gasteiger partial charge in [-0.05, 0) is 63.1 Å². The first-order chi connectivity index (χ1) is 15.5. The van der Waals surface area contributed by atoms with Crippen molar-refractivity contribution in [2.45, 2.75) is 43.5 Å². The van der Waals surface area contributed by atoms with Crippen molar-refractivity contribution in [3.63, 3.8) is 0 Å². The molecule has 0 aliphatic carbocycles. The zero-order valence-electron chi connectivity index (χ0n) is 18.6. The van der Waals surface area contributed by atoms with Gasteiger partial charge in [0.25, 0.3) is 5.91 Å². The van der Waals surface area contributed by atoms with Gasteiger partial charge in [0, 0.05) is 42.3 Å². The number of nitrogens with one attached hydrogen (secondary N) is 1. The summed E-state index contributed by atoms with van der Waals surface area (Å²) in [6.07, 6.45) is 3.53. The predicted molar refractivity (Wildman–Crippen MR) is 125 cm³/mol. The second-order valence-electron chi connectivity index (χ2n) is 7.88.